The summed E-state index contributed by atoms with van der Waals surface area (Å²) >= 11 is 0. The van der Waals surface area contributed by atoms with Crippen LogP contribution in [0.3, 0.4) is 0 Å². The third kappa shape index (κ3) is 10.5. The molecule has 0 aliphatic heterocycles. The summed E-state index contributed by atoms with van der Waals surface area (Å²) in [5.41, 5.74) is 0. The third-order valence-electron chi connectivity index (χ3n) is 2.98. The zero-order valence-electron chi connectivity index (χ0n) is 14.9. The molecule has 8 nitrogen and oxygen atoms in total. The Morgan fingerprint density at radius 2 is 1.87 bits per heavy atom. The number of carbonyl (C=O) groups excluding carboxylic acids is 1. The molecule has 0 bridgehead atoms. The summed E-state index contributed by atoms with van der Waals surface area (Å²) in [5.74, 6) is 0. The van der Waals surface area contributed by atoms with E-state index in [1.165, 1.54) is 5.06 Å². The van der Waals surface area contributed by atoms with Gasteiger partial charge in [-0.3, -0.25) is 4.84 Å². The van der Waals surface area contributed by atoms with Crippen molar-refractivity contribution in [3.05, 3.63) is 0 Å². The maximum atomic E-state index is 12.6. The molecule has 23 heavy (non-hydrogen) atoms. The number of ether oxygens (including phenoxy) is 1. The largest absolute Gasteiger partial charge is 0.383 e. The average molecular weight is 353 g/mol. The van der Waals surface area contributed by atoms with Gasteiger partial charge < -0.3 is 9.64 Å². The first kappa shape index (κ1) is 22.1. The van der Waals surface area contributed by atoms with Crippen molar-refractivity contribution < 1.29 is 22.8 Å². The normalized spacial score (nSPS) is 11.7. The average Bonchev–Trinajstić information content (AvgIpc) is 2.44. The Morgan fingerprint density at radius 1 is 1.22 bits per heavy atom. The van der Waals surface area contributed by atoms with Gasteiger partial charge in [-0.15, -0.1) is 0 Å². The molecule has 0 aliphatic carbocycles. The zero-order chi connectivity index (χ0) is 17.9. The highest BCUT2D eigenvalue weighted by Gasteiger charge is 2.23. The van der Waals surface area contributed by atoms with Crippen molar-refractivity contribution in [3.63, 3.8) is 0 Å². The van der Waals surface area contributed by atoms with Crippen LogP contribution in [-0.2, 0) is 19.6 Å². The van der Waals surface area contributed by atoms with Crippen molar-refractivity contribution in [2.24, 2.45) is 0 Å². The van der Waals surface area contributed by atoms with Gasteiger partial charge >= 0.3 is 6.03 Å². The highest BCUT2D eigenvalue weighted by molar-refractivity contribution is 7.88. The van der Waals surface area contributed by atoms with Crippen LogP contribution >= 0.6 is 0 Å². The number of methoxy groups -OCH3 is 1. The molecule has 0 unspecified atom stereocenters. The Morgan fingerprint density at radius 3 is 2.35 bits per heavy atom. The summed E-state index contributed by atoms with van der Waals surface area (Å²) in [7, 11) is -1.60. The number of hydrogen-bond acceptors (Lipinski definition) is 5. The zero-order valence-corrected chi connectivity index (χ0v) is 15.7. The number of amides is 2. The van der Waals surface area contributed by atoms with Crippen molar-refractivity contribution in [1.29, 1.82) is 0 Å². The van der Waals surface area contributed by atoms with Gasteiger partial charge in [0.2, 0.25) is 10.0 Å². The van der Waals surface area contributed by atoms with Crippen LogP contribution in [0.1, 0.15) is 33.6 Å². The van der Waals surface area contributed by atoms with Gasteiger partial charge in [0.1, 0.15) is 0 Å². The molecule has 0 fully saturated rings. The van der Waals surface area contributed by atoms with Crippen LogP contribution in [0.5, 0.6) is 0 Å². The molecule has 0 aliphatic rings. The Hall–Kier alpha value is -0.900. The van der Waals surface area contributed by atoms with Gasteiger partial charge in [0.05, 0.1) is 26.0 Å². The number of hydroxylamine groups is 2. The minimum Gasteiger partial charge on any atom is -0.383 e. The molecule has 0 radical (unpaired) electrons. The second kappa shape index (κ2) is 11.6. The van der Waals surface area contributed by atoms with E-state index >= 15 is 0 Å². The molecule has 0 spiro atoms. The predicted molar refractivity (Wildman–Crippen MR) is 89.5 cm³/mol. The molecule has 0 aromatic rings. The molecule has 138 valence electrons. The lowest BCUT2D eigenvalue weighted by Gasteiger charge is -2.32. The van der Waals surface area contributed by atoms with E-state index < -0.39 is 10.0 Å². The lowest BCUT2D eigenvalue weighted by Crippen LogP contribution is -2.48. The Labute approximate surface area is 140 Å². The summed E-state index contributed by atoms with van der Waals surface area (Å²) < 4.78 is 29.4. The molecule has 0 saturated heterocycles. The number of nitrogens with zero attached hydrogens (tertiary/aromatic N) is 2. The van der Waals surface area contributed by atoms with Crippen LogP contribution in [0.25, 0.3) is 0 Å². The number of hydrogen-bond donors (Lipinski definition) is 1. The Bertz CT molecular complexity index is 428. The van der Waals surface area contributed by atoms with Gasteiger partial charge in [-0.25, -0.2) is 23.0 Å². The third-order valence-corrected chi connectivity index (χ3v) is 3.71. The smallest absolute Gasteiger partial charge is 0.344 e. The van der Waals surface area contributed by atoms with E-state index in [0.29, 0.717) is 26.1 Å². The highest BCUT2D eigenvalue weighted by Crippen LogP contribution is 2.07. The standard InChI is InChI=1S/C14H31N3O5S/c1-6-9-17(22-11-7-8-15-23(5,19)20)14(18)16(13(2)3)10-12-21-4/h13,15H,6-12H2,1-5H3. The van der Waals surface area contributed by atoms with Crippen molar-refractivity contribution in [3.8, 4) is 0 Å². The predicted octanol–water partition coefficient (Wildman–Crippen LogP) is 1.05. The van der Waals surface area contributed by atoms with Crippen LogP contribution < -0.4 is 4.72 Å². The fourth-order valence-electron chi connectivity index (χ4n) is 1.83. The van der Waals surface area contributed by atoms with E-state index in [2.05, 4.69) is 4.72 Å². The fraction of sp³-hybridized carbons (Fsp3) is 0.929. The van der Waals surface area contributed by atoms with Gasteiger partial charge in [0.15, 0.2) is 0 Å². The lowest BCUT2D eigenvalue weighted by molar-refractivity contribution is -0.128. The number of nitrogens with one attached hydrogen (secondary N) is 1. The molecule has 0 saturated carbocycles. The van der Waals surface area contributed by atoms with Crippen molar-refractivity contribution in [2.45, 2.75) is 39.7 Å². The molecule has 0 atom stereocenters. The quantitative estimate of drug-likeness (QED) is 0.418. The van der Waals surface area contributed by atoms with Gasteiger partial charge in [0, 0.05) is 26.2 Å². The molecule has 0 heterocycles. The second-order valence-electron chi connectivity index (χ2n) is 5.52. The molecule has 2 amide bonds. The topological polar surface area (TPSA) is 88.2 Å². The molecular formula is C14H31N3O5S. The van der Waals surface area contributed by atoms with E-state index in [4.69, 9.17) is 9.57 Å². The summed E-state index contributed by atoms with van der Waals surface area (Å²) in [6.07, 6.45) is 2.36. The highest BCUT2D eigenvalue weighted by atomic mass is 32.2. The van der Waals surface area contributed by atoms with Crippen LogP contribution in [0.15, 0.2) is 0 Å². The van der Waals surface area contributed by atoms with E-state index in [-0.39, 0.29) is 25.2 Å². The van der Waals surface area contributed by atoms with Crippen molar-refractivity contribution >= 4 is 16.1 Å². The van der Waals surface area contributed by atoms with Crippen molar-refractivity contribution in [1.82, 2.24) is 14.7 Å². The monoisotopic (exact) mass is 353 g/mol. The molecule has 9 heteroatoms. The van der Waals surface area contributed by atoms with Crippen LogP contribution in [0.2, 0.25) is 0 Å². The first-order valence-corrected chi connectivity index (χ1v) is 9.76. The Balaban J connectivity index is 4.47. The minimum absolute atomic E-state index is 0.0347. The molecule has 0 rings (SSSR count). The maximum absolute atomic E-state index is 12.6. The van der Waals surface area contributed by atoms with Crippen LogP contribution in [0.4, 0.5) is 4.79 Å². The molecule has 0 aromatic carbocycles. The minimum atomic E-state index is -3.19. The molecule has 1 N–H and O–H groups in total. The van der Waals surface area contributed by atoms with Crippen LogP contribution in [0, 0.1) is 0 Å². The molecular weight excluding hydrogens is 322 g/mol. The van der Waals surface area contributed by atoms with E-state index in [1.807, 2.05) is 20.8 Å². The Kier molecular flexibility index (Phi) is 11.2. The van der Waals surface area contributed by atoms with Gasteiger partial charge in [-0.2, -0.15) is 0 Å². The summed E-state index contributed by atoms with van der Waals surface area (Å²) in [6.45, 7) is 7.82. The number of sulfonamides is 1. The van der Waals surface area contributed by atoms with Gasteiger partial charge in [-0.1, -0.05) is 6.92 Å². The second-order valence-corrected chi connectivity index (χ2v) is 7.35. The molecule has 0 aromatic heterocycles. The first-order valence-electron chi connectivity index (χ1n) is 7.87. The van der Waals surface area contributed by atoms with Crippen molar-refractivity contribution in [2.75, 3.05) is 46.2 Å². The lowest BCUT2D eigenvalue weighted by atomic mass is 10.3. The van der Waals surface area contributed by atoms with E-state index in [9.17, 15) is 13.2 Å². The van der Waals surface area contributed by atoms with Gasteiger partial charge in [-0.05, 0) is 26.7 Å². The maximum Gasteiger partial charge on any atom is 0.344 e. The number of urea groups is 1. The van der Waals surface area contributed by atoms with Crippen LogP contribution in [-0.4, -0.2) is 76.7 Å². The number of rotatable bonds is 12. The van der Waals surface area contributed by atoms with E-state index in [1.54, 1.807) is 12.0 Å². The summed E-state index contributed by atoms with van der Waals surface area (Å²) in [5, 5.41) is 1.34. The SMILES string of the molecule is CCCN(OCCCNS(C)(=O)=O)C(=O)N(CCOC)C(C)C. The number of carbonyl (C=O) groups is 1. The fourth-order valence-corrected chi connectivity index (χ4v) is 2.35. The first-order chi connectivity index (χ1) is 10.7. The van der Waals surface area contributed by atoms with E-state index in [0.717, 1.165) is 12.7 Å². The summed E-state index contributed by atoms with van der Waals surface area (Å²) in [4.78, 5) is 19.8. The van der Waals surface area contributed by atoms with Gasteiger partial charge in [0.25, 0.3) is 0 Å². The summed E-state index contributed by atoms with van der Waals surface area (Å²) in [6, 6.07) is -0.164.